The molecule has 0 radical (unpaired) electrons. The Morgan fingerprint density at radius 1 is 0.643 bits per heavy atom. The second-order valence-electron chi connectivity index (χ2n) is 7.47. The standard InChI is InChI=1S/C26H36N2/c1-3-5-7-11-23-13-9-15-25(19-23)21-27-17-18-28-22-26-16-10-14-24(20-26)12-8-6-4-2/h9-10,13-16,19-22H,3-8,11-12,17-18H2,1-2H3. The molecule has 0 aliphatic carbocycles. The smallest absolute Gasteiger partial charge is 0.0585 e. The number of aliphatic imine (C=N–C) groups is 2. The van der Waals surface area contributed by atoms with Gasteiger partial charge in [0.1, 0.15) is 0 Å². The summed E-state index contributed by atoms with van der Waals surface area (Å²) in [6.07, 6.45) is 14.0. The molecule has 0 unspecified atom stereocenters. The molecular weight excluding hydrogens is 340 g/mol. The van der Waals surface area contributed by atoms with Gasteiger partial charge in [0.05, 0.1) is 13.1 Å². The van der Waals surface area contributed by atoms with E-state index in [1.54, 1.807) is 0 Å². The molecular formula is C26H36N2. The van der Waals surface area contributed by atoms with Crippen LogP contribution >= 0.6 is 0 Å². The molecule has 2 rings (SSSR count). The highest BCUT2D eigenvalue weighted by Gasteiger charge is 1.96. The molecule has 150 valence electrons. The topological polar surface area (TPSA) is 24.7 Å². The quantitative estimate of drug-likeness (QED) is 0.275. The van der Waals surface area contributed by atoms with E-state index in [1.807, 2.05) is 12.4 Å². The minimum absolute atomic E-state index is 0.729. The third-order valence-electron chi connectivity index (χ3n) is 4.88. The van der Waals surface area contributed by atoms with E-state index in [0.717, 1.165) is 25.9 Å². The van der Waals surface area contributed by atoms with E-state index in [9.17, 15) is 0 Å². The van der Waals surface area contributed by atoms with Crippen LogP contribution in [0.4, 0.5) is 0 Å². The van der Waals surface area contributed by atoms with Crippen LogP contribution in [-0.4, -0.2) is 25.5 Å². The van der Waals surface area contributed by atoms with E-state index >= 15 is 0 Å². The Hall–Kier alpha value is -2.22. The molecule has 0 atom stereocenters. The maximum atomic E-state index is 4.54. The van der Waals surface area contributed by atoms with Crippen LogP contribution in [-0.2, 0) is 12.8 Å². The summed E-state index contributed by atoms with van der Waals surface area (Å²) < 4.78 is 0. The molecule has 0 amide bonds. The largest absolute Gasteiger partial charge is 0.291 e. The van der Waals surface area contributed by atoms with Gasteiger partial charge in [0.25, 0.3) is 0 Å². The predicted octanol–water partition coefficient (Wildman–Crippen LogP) is 6.69. The van der Waals surface area contributed by atoms with Gasteiger partial charge in [-0.1, -0.05) is 88.1 Å². The Balaban J connectivity index is 1.74. The number of hydrogen-bond acceptors (Lipinski definition) is 2. The van der Waals surface area contributed by atoms with Crippen LogP contribution in [0.15, 0.2) is 58.5 Å². The van der Waals surface area contributed by atoms with Crippen molar-refractivity contribution in [3.8, 4) is 0 Å². The van der Waals surface area contributed by atoms with E-state index in [2.05, 4.69) is 72.4 Å². The molecule has 0 spiro atoms. The molecule has 0 N–H and O–H groups in total. The Morgan fingerprint density at radius 2 is 1.11 bits per heavy atom. The first-order valence-corrected chi connectivity index (χ1v) is 11.0. The van der Waals surface area contributed by atoms with Crippen LogP contribution < -0.4 is 0 Å². The highest BCUT2D eigenvalue weighted by molar-refractivity contribution is 5.80. The minimum Gasteiger partial charge on any atom is -0.291 e. The molecule has 2 aromatic carbocycles. The molecule has 0 aromatic heterocycles. The van der Waals surface area contributed by atoms with Gasteiger partial charge in [-0.3, -0.25) is 9.98 Å². The minimum atomic E-state index is 0.729. The number of unbranched alkanes of at least 4 members (excludes halogenated alkanes) is 4. The number of benzene rings is 2. The molecule has 2 nitrogen and oxygen atoms in total. The third-order valence-corrected chi connectivity index (χ3v) is 4.88. The average Bonchev–Trinajstić information content (AvgIpc) is 2.72. The number of aryl methyl sites for hydroxylation is 2. The Labute approximate surface area is 171 Å². The lowest BCUT2D eigenvalue weighted by Gasteiger charge is -2.02. The van der Waals surface area contributed by atoms with Gasteiger partial charge in [0.2, 0.25) is 0 Å². The normalized spacial score (nSPS) is 11.6. The second kappa shape index (κ2) is 13.9. The molecule has 0 saturated carbocycles. The first-order chi connectivity index (χ1) is 13.8. The van der Waals surface area contributed by atoms with Crippen LogP contribution in [0.5, 0.6) is 0 Å². The van der Waals surface area contributed by atoms with E-state index in [4.69, 9.17) is 0 Å². The maximum Gasteiger partial charge on any atom is 0.0585 e. The fourth-order valence-corrected chi connectivity index (χ4v) is 3.27. The van der Waals surface area contributed by atoms with Gasteiger partial charge >= 0.3 is 0 Å². The van der Waals surface area contributed by atoms with E-state index in [1.165, 1.54) is 60.8 Å². The van der Waals surface area contributed by atoms with Gasteiger partial charge in [-0.2, -0.15) is 0 Å². The Morgan fingerprint density at radius 3 is 1.54 bits per heavy atom. The average molecular weight is 377 g/mol. The van der Waals surface area contributed by atoms with Crippen molar-refractivity contribution in [3.63, 3.8) is 0 Å². The van der Waals surface area contributed by atoms with Crippen LogP contribution in [0.2, 0.25) is 0 Å². The van der Waals surface area contributed by atoms with Crippen LogP contribution in [0.1, 0.15) is 74.6 Å². The summed E-state index contributed by atoms with van der Waals surface area (Å²) in [5.41, 5.74) is 5.21. The lowest BCUT2D eigenvalue weighted by Crippen LogP contribution is -1.93. The lowest BCUT2D eigenvalue weighted by atomic mass is 10.1. The van der Waals surface area contributed by atoms with Crippen molar-refractivity contribution in [2.45, 2.75) is 65.2 Å². The van der Waals surface area contributed by atoms with Gasteiger partial charge < -0.3 is 0 Å². The van der Waals surface area contributed by atoms with Gasteiger partial charge in [0.15, 0.2) is 0 Å². The zero-order chi connectivity index (χ0) is 19.9. The van der Waals surface area contributed by atoms with Crippen molar-refractivity contribution < 1.29 is 0 Å². The SMILES string of the molecule is CCCCCc1cccc(C=NCCN=Cc2cccc(CCCCC)c2)c1. The van der Waals surface area contributed by atoms with Crippen LogP contribution in [0, 0.1) is 0 Å². The fourth-order valence-electron chi connectivity index (χ4n) is 3.27. The van der Waals surface area contributed by atoms with Crippen LogP contribution in [0.25, 0.3) is 0 Å². The summed E-state index contributed by atoms with van der Waals surface area (Å²) >= 11 is 0. The van der Waals surface area contributed by atoms with Crippen molar-refractivity contribution in [2.24, 2.45) is 9.98 Å². The highest BCUT2D eigenvalue weighted by atomic mass is 14.8. The van der Waals surface area contributed by atoms with Crippen molar-refractivity contribution in [1.82, 2.24) is 0 Å². The first-order valence-electron chi connectivity index (χ1n) is 11.0. The number of rotatable bonds is 13. The van der Waals surface area contributed by atoms with E-state index < -0.39 is 0 Å². The van der Waals surface area contributed by atoms with Crippen molar-refractivity contribution in [3.05, 3.63) is 70.8 Å². The zero-order valence-electron chi connectivity index (χ0n) is 17.7. The van der Waals surface area contributed by atoms with Gasteiger partial charge in [-0.15, -0.1) is 0 Å². The molecule has 0 saturated heterocycles. The van der Waals surface area contributed by atoms with Crippen LogP contribution in [0.3, 0.4) is 0 Å². The summed E-state index contributed by atoms with van der Waals surface area (Å²) in [6, 6.07) is 17.5. The summed E-state index contributed by atoms with van der Waals surface area (Å²) in [5.74, 6) is 0. The van der Waals surface area contributed by atoms with Gasteiger partial charge in [-0.25, -0.2) is 0 Å². The lowest BCUT2D eigenvalue weighted by molar-refractivity contribution is 0.717. The summed E-state index contributed by atoms with van der Waals surface area (Å²) in [7, 11) is 0. The molecule has 0 heterocycles. The number of nitrogens with zero attached hydrogens (tertiary/aromatic N) is 2. The van der Waals surface area contributed by atoms with Gasteiger partial charge in [-0.05, 0) is 47.9 Å². The predicted molar refractivity (Wildman–Crippen MR) is 124 cm³/mol. The second-order valence-corrected chi connectivity index (χ2v) is 7.47. The number of hydrogen-bond donors (Lipinski definition) is 0. The van der Waals surface area contributed by atoms with Crippen molar-refractivity contribution in [1.29, 1.82) is 0 Å². The monoisotopic (exact) mass is 376 g/mol. The molecule has 0 aliphatic rings. The maximum absolute atomic E-state index is 4.54. The summed E-state index contributed by atoms with van der Waals surface area (Å²) in [6.45, 7) is 5.95. The van der Waals surface area contributed by atoms with E-state index in [-0.39, 0.29) is 0 Å². The van der Waals surface area contributed by atoms with E-state index in [0.29, 0.717) is 0 Å². The molecule has 0 bridgehead atoms. The Kier molecular flexibility index (Phi) is 10.9. The summed E-state index contributed by atoms with van der Waals surface area (Å²) in [5, 5.41) is 0. The molecule has 2 heteroatoms. The molecule has 2 aromatic rings. The Bertz CT molecular complexity index is 667. The van der Waals surface area contributed by atoms with Crippen molar-refractivity contribution in [2.75, 3.05) is 13.1 Å². The molecule has 28 heavy (non-hydrogen) atoms. The highest BCUT2D eigenvalue weighted by Crippen LogP contribution is 2.09. The summed E-state index contributed by atoms with van der Waals surface area (Å²) in [4.78, 5) is 9.08. The molecule has 0 fully saturated rings. The molecule has 0 aliphatic heterocycles. The van der Waals surface area contributed by atoms with Crippen molar-refractivity contribution >= 4 is 12.4 Å². The third kappa shape index (κ3) is 9.12. The van der Waals surface area contributed by atoms with Gasteiger partial charge in [0, 0.05) is 12.4 Å². The first kappa shape index (κ1) is 22.1. The fraction of sp³-hybridized carbons (Fsp3) is 0.462. The zero-order valence-corrected chi connectivity index (χ0v) is 17.7.